The van der Waals surface area contributed by atoms with Crippen molar-refractivity contribution in [2.75, 3.05) is 25.0 Å². The zero-order valence-electron chi connectivity index (χ0n) is 11.9. The van der Waals surface area contributed by atoms with Crippen molar-refractivity contribution in [3.8, 4) is 6.07 Å². The van der Waals surface area contributed by atoms with Gasteiger partial charge in [0.1, 0.15) is 11.6 Å². The molecule has 1 aromatic rings. The van der Waals surface area contributed by atoms with E-state index in [0.29, 0.717) is 11.4 Å². The van der Waals surface area contributed by atoms with Crippen molar-refractivity contribution in [3.05, 3.63) is 16.8 Å². The summed E-state index contributed by atoms with van der Waals surface area (Å²) in [6.45, 7) is 8.96. The van der Waals surface area contributed by atoms with E-state index in [2.05, 4.69) is 33.8 Å². The highest BCUT2D eigenvalue weighted by Gasteiger charge is 2.27. The van der Waals surface area contributed by atoms with Crippen molar-refractivity contribution in [1.82, 2.24) is 15.5 Å². The topological polar surface area (TPSA) is 73.6 Å². The molecule has 0 aliphatic carbocycles. The minimum atomic E-state index is 0.214. The molecule has 1 saturated heterocycles. The fraction of sp³-hybridized carbons (Fsp3) is 0.643. The maximum atomic E-state index is 9.25. The third-order valence-corrected chi connectivity index (χ3v) is 3.93. The zero-order chi connectivity index (χ0) is 13.9. The Morgan fingerprint density at radius 2 is 2.21 bits per heavy atom. The maximum Gasteiger partial charge on any atom is 0.166 e. The van der Waals surface area contributed by atoms with Gasteiger partial charge in [-0.25, -0.2) is 0 Å². The summed E-state index contributed by atoms with van der Waals surface area (Å²) in [4.78, 5) is 0. The van der Waals surface area contributed by atoms with Crippen LogP contribution in [0.3, 0.4) is 0 Å². The van der Waals surface area contributed by atoms with E-state index in [4.69, 9.17) is 0 Å². The van der Waals surface area contributed by atoms with Crippen LogP contribution in [-0.2, 0) is 0 Å². The van der Waals surface area contributed by atoms with E-state index >= 15 is 0 Å². The Morgan fingerprint density at radius 3 is 2.84 bits per heavy atom. The first-order chi connectivity index (χ1) is 9.06. The molecular weight excluding hydrogens is 238 g/mol. The molecular formula is C14H21N5. The summed E-state index contributed by atoms with van der Waals surface area (Å²) in [5.41, 5.74) is 2.55. The molecule has 19 heavy (non-hydrogen) atoms. The average Bonchev–Trinajstić information content (AvgIpc) is 2.41. The van der Waals surface area contributed by atoms with Crippen LogP contribution in [0.2, 0.25) is 0 Å². The molecule has 0 saturated carbocycles. The molecule has 0 bridgehead atoms. The summed E-state index contributed by atoms with van der Waals surface area (Å²) in [6.07, 6.45) is 2.38. The van der Waals surface area contributed by atoms with Crippen molar-refractivity contribution < 1.29 is 0 Å². The molecule has 102 valence electrons. The van der Waals surface area contributed by atoms with E-state index in [0.717, 1.165) is 30.9 Å². The van der Waals surface area contributed by atoms with Gasteiger partial charge in [-0.2, -0.15) is 10.4 Å². The second-order valence-corrected chi connectivity index (χ2v) is 5.69. The maximum absolute atomic E-state index is 9.25. The van der Waals surface area contributed by atoms with Gasteiger partial charge in [-0.1, -0.05) is 6.92 Å². The van der Waals surface area contributed by atoms with E-state index in [9.17, 15) is 5.26 Å². The number of nitriles is 1. The van der Waals surface area contributed by atoms with Gasteiger partial charge in [-0.15, -0.1) is 5.10 Å². The molecule has 1 aliphatic heterocycles. The summed E-state index contributed by atoms with van der Waals surface area (Å²) >= 11 is 0. The quantitative estimate of drug-likeness (QED) is 0.865. The summed E-state index contributed by atoms with van der Waals surface area (Å²) in [5, 5.41) is 24.2. The highest BCUT2D eigenvalue weighted by molar-refractivity contribution is 5.55. The lowest BCUT2D eigenvalue weighted by Gasteiger charge is -2.34. The van der Waals surface area contributed by atoms with Crippen LogP contribution < -0.4 is 10.6 Å². The minimum Gasteiger partial charge on any atom is -0.367 e. The third-order valence-electron chi connectivity index (χ3n) is 3.93. The third kappa shape index (κ3) is 3.02. The molecule has 1 aromatic heterocycles. The predicted octanol–water partition coefficient (Wildman–Crippen LogP) is 1.77. The number of aromatic nitrogens is 2. The molecule has 1 aliphatic rings. The molecule has 0 spiro atoms. The van der Waals surface area contributed by atoms with Gasteiger partial charge in [0.05, 0.1) is 5.69 Å². The molecule has 1 atom stereocenters. The van der Waals surface area contributed by atoms with Crippen LogP contribution in [0.5, 0.6) is 0 Å². The molecule has 2 heterocycles. The molecule has 0 amide bonds. The number of nitrogens with one attached hydrogen (secondary N) is 2. The normalized spacial score (nSPS) is 22.8. The van der Waals surface area contributed by atoms with Crippen molar-refractivity contribution >= 4 is 5.82 Å². The Morgan fingerprint density at radius 1 is 1.42 bits per heavy atom. The number of anilines is 1. The largest absolute Gasteiger partial charge is 0.367 e. The molecule has 0 radical (unpaired) electrons. The van der Waals surface area contributed by atoms with Gasteiger partial charge < -0.3 is 10.6 Å². The first-order valence-corrected chi connectivity index (χ1v) is 6.74. The standard InChI is InChI=1S/C14H21N5/c1-10-11(2)18-19-13(12(10)7-15)17-9-14(3)5-4-6-16-8-14/h16H,4-6,8-9H2,1-3H3,(H,17,19). The zero-order valence-corrected chi connectivity index (χ0v) is 11.9. The Hall–Kier alpha value is -1.67. The van der Waals surface area contributed by atoms with Crippen molar-refractivity contribution in [2.24, 2.45) is 5.41 Å². The van der Waals surface area contributed by atoms with Gasteiger partial charge in [0.15, 0.2) is 5.82 Å². The monoisotopic (exact) mass is 259 g/mol. The fourth-order valence-electron chi connectivity index (χ4n) is 2.44. The van der Waals surface area contributed by atoms with Crippen LogP contribution in [0.1, 0.15) is 36.6 Å². The van der Waals surface area contributed by atoms with Crippen molar-refractivity contribution in [2.45, 2.75) is 33.6 Å². The molecule has 5 heteroatoms. The highest BCUT2D eigenvalue weighted by Crippen LogP contribution is 2.26. The lowest BCUT2D eigenvalue weighted by atomic mass is 9.83. The lowest BCUT2D eigenvalue weighted by molar-refractivity contribution is 0.253. The second kappa shape index (κ2) is 5.54. The van der Waals surface area contributed by atoms with Gasteiger partial charge in [-0.05, 0) is 44.2 Å². The van der Waals surface area contributed by atoms with E-state index in [-0.39, 0.29) is 5.41 Å². The van der Waals surface area contributed by atoms with Crippen LogP contribution in [0.15, 0.2) is 0 Å². The fourth-order valence-corrected chi connectivity index (χ4v) is 2.44. The Bertz CT molecular complexity index is 497. The predicted molar refractivity (Wildman–Crippen MR) is 74.9 cm³/mol. The van der Waals surface area contributed by atoms with E-state index in [1.165, 1.54) is 12.8 Å². The molecule has 2 N–H and O–H groups in total. The number of aryl methyl sites for hydroxylation is 1. The number of nitrogens with zero attached hydrogens (tertiary/aromatic N) is 3. The average molecular weight is 259 g/mol. The smallest absolute Gasteiger partial charge is 0.166 e. The van der Waals surface area contributed by atoms with Gasteiger partial charge >= 0.3 is 0 Å². The van der Waals surface area contributed by atoms with Crippen LogP contribution in [0, 0.1) is 30.6 Å². The van der Waals surface area contributed by atoms with Gasteiger partial charge in [0.2, 0.25) is 0 Å². The molecule has 5 nitrogen and oxygen atoms in total. The summed E-state index contributed by atoms with van der Waals surface area (Å²) in [5.74, 6) is 0.609. The van der Waals surface area contributed by atoms with Crippen LogP contribution in [0.25, 0.3) is 0 Å². The molecule has 0 aromatic carbocycles. The Kier molecular flexibility index (Phi) is 4.01. The number of hydrogen-bond donors (Lipinski definition) is 2. The van der Waals surface area contributed by atoms with Crippen molar-refractivity contribution in [3.63, 3.8) is 0 Å². The second-order valence-electron chi connectivity index (χ2n) is 5.69. The van der Waals surface area contributed by atoms with E-state index in [1.54, 1.807) is 0 Å². The highest BCUT2D eigenvalue weighted by atomic mass is 15.2. The number of hydrogen-bond acceptors (Lipinski definition) is 5. The first kappa shape index (κ1) is 13.8. The SMILES string of the molecule is Cc1nnc(NCC2(C)CCCNC2)c(C#N)c1C. The van der Waals surface area contributed by atoms with Crippen LogP contribution in [0.4, 0.5) is 5.82 Å². The summed E-state index contributed by atoms with van der Waals surface area (Å²) < 4.78 is 0. The van der Waals surface area contributed by atoms with E-state index < -0.39 is 0 Å². The number of piperidine rings is 1. The van der Waals surface area contributed by atoms with Crippen molar-refractivity contribution in [1.29, 1.82) is 5.26 Å². The van der Waals surface area contributed by atoms with E-state index in [1.807, 2.05) is 13.8 Å². The summed E-state index contributed by atoms with van der Waals surface area (Å²) in [6, 6.07) is 2.22. The lowest BCUT2D eigenvalue weighted by Crippen LogP contribution is -2.42. The number of rotatable bonds is 3. The van der Waals surface area contributed by atoms with Gasteiger partial charge in [0, 0.05) is 13.1 Å². The van der Waals surface area contributed by atoms with Crippen LogP contribution in [-0.4, -0.2) is 29.8 Å². The molecule has 1 unspecified atom stereocenters. The van der Waals surface area contributed by atoms with Gasteiger partial charge in [-0.3, -0.25) is 0 Å². The molecule has 2 rings (SSSR count). The first-order valence-electron chi connectivity index (χ1n) is 6.74. The summed E-state index contributed by atoms with van der Waals surface area (Å²) in [7, 11) is 0. The van der Waals surface area contributed by atoms with Gasteiger partial charge in [0.25, 0.3) is 0 Å². The Labute approximate surface area is 114 Å². The van der Waals surface area contributed by atoms with Crippen LogP contribution >= 0.6 is 0 Å². The minimum absolute atomic E-state index is 0.214. The molecule has 1 fully saturated rings. The Balaban J connectivity index is 2.12.